The molecule has 1 fully saturated rings. The van der Waals surface area contributed by atoms with Gasteiger partial charge < -0.3 is 9.84 Å². The van der Waals surface area contributed by atoms with Crippen LogP contribution < -0.4 is 0 Å². The highest BCUT2D eigenvalue weighted by molar-refractivity contribution is 5.73. The van der Waals surface area contributed by atoms with Crippen LogP contribution in [0.2, 0.25) is 0 Å². The summed E-state index contributed by atoms with van der Waals surface area (Å²) >= 11 is 0. The number of aliphatic hydroxyl groups is 1. The summed E-state index contributed by atoms with van der Waals surface area (Å²) in [7, 11) is 1.40. The first kappa shape index (κ1) is 14.5. The lowest BCUT2D eigenvalue weighted by Gasteiger charge is -2.30. The summed E-state index contributed by atoms with van der Waals surface area (Å²) in [5, 5.41) is 10.4. The topological polar surface area (TPSA) is 46.5 Å². The largest absolute Gasteiger partial charge is 0.469 e. The molecular weight excluding hydrogens is 216 g/mol. The van der Waals surface area contributed by atoms with Crippen LogP contribution in [0.4, 0.5) is 0 Å². The van der Waals surface area contributed by atoms with E-state index in [1.165, 1.54) is 32.8 Å². The van der Waals surface area contributed by atoms with Gasteiger partial charge in [0.25, 0.3) is 0 Å². The molecule has 0 aliphatic heterocycles. The lowest BCUT2D eigenvalue weighted by Crippen LogP contribution is -2.38. The zero-order valence-electron chi connectivity index (χ0n) is 11.3. The van der Waals surface area contributed by atoms with E-state index in [1.807, 2.05) is 13.8 Å². The van der Waals surface area contributed by atoms with Gasteiger partial charge in [0.05, 0.1) is 19.1 Å². The van der Waals surface area contributed by atoms with Crippen molar-refractivity contribution in [2.45, 2.75) is 58.5 Å². The minimum Gasteiger partial charge on any atom is -0.469 e. The smallest absolute Gasteiger partial charge is 0.311 e. The number of rotatable bonds is 4. The normalized spacial score (nSPS) is 21.9. The monoisotopic (exact) mass is 242 g/mol. The Morgan fingerprint density at radius 3 is 2.12 bits per heavy atom. The maximum absolute atomic E-state index is 11.7. The molecule has 0 spiro atoms. The molecule has 0 aromatic heterocycles. The van der Waals surface area contributed by atoms with Crippen molar-refractivity contribution in [1.82, 2.24) is 0 Å². The molecule has 1 aliphatic carbocycles. The van der Waals surface area contributed by atoms with Gasteiger partial charge in [0.15, 0.2) is 0 Å². The third kappa shape index (κ3) is 3.98. The van der Waals surface area contributed by atoms with Crippen LogP contribution in [0.3, 0.4) is 0 Å². The predicted molar refractivity (Wildman–Crippen MR) is 67.5 cm³/mol. The Balaban J connectivity index is 2.68. The average molecular weight is 242 g/mol. The van der Waals surface area contributed by atoms with Crippen LogP contribution in [0.5, 0.6) is 0 Å². The molecule has 0 heterocycles. The lowest BCUT2D eigenvalue weighted by atomic mass is 9.80. The van der Waals surface area contributed by atoms with E-state index in [9.17, 15) is 9.90 Å². The van der Waals surface area contributed by atoms with Gasteiger partial charge in [-0.25, -0.2) is 0 Å². The van der Waals surface area contributed by atoms with E-state index in [0.29, 0.717) is 0 Å². The molecule has 1 rings (SSSR count). The van der Waals surface area contributed by atoms with Crippen molar-refractivity contribution in [1.29, 1.82) is 0 Å². The van der Waals surface area contributed by atoms with Gasteiger partial charge in [0.2, 0.25) is 0 Å². The number of methoxy groups -OCH3 is 1. The molecule has 1 saturated carbocycles. The van der Waals surface area contributed by atoms with E-state index in [2.05, 4.69) is 0 Å². The van der Waals surface area contributed by atoms with Gasteiger partial charge >= 0.3 is 5.97 Å². The fraction of sp³-hybridized carbons (Fsp3) is 0.929. The fourth-order valence-corrected chi connectivity index (χ4v) is 2.89. The molecule has 3 nitrogen and oxygen atoms in total. The van der Waals surface area contributed by atoms with Gasteiger partial charge in [-0.2, -0.15) is 0 Å². The second kappa shape index (κ2) is 7.00. The van der Waals surface area contributed by atoms with Gasteiger partial charge in [-0.3, -0.25) is 4.79 Å². The van der Waals surface area contributed by atoms with Gasteiger partial charge in [-0.1, -0.05) is 39.5 Å². The van der Waals surface area contributed by atoms with Crippen LogP contribution in [0, 0.1) is 17.8 Å². The summed E-state index contributed by atoms with van der Waals surface area (Å²) in [5.41, 5.74) is 0. The maximum atomic E-state index is 11.7. The Hall–Kier alpha value is -0.570. The van der Waals surface area contributed by atoms with E-state index in [0.717, 1.165) is 12.8 Å². The van der Waals surface area contributed by atoms with Crippen LogP contribution in [0.25, 0.3) is 0 Å². The van der Waals surface area contributed by atoms with Crippen LogP contribution in [0.15, 0.2) is 0 Å². The van der Waals surface area contributed by atoms with Crippen LogP contribution >= 0.6 is 0 Å². The number of carbonyl (C=O) groups excluding carboxylic acids is 1. The molecule has 0 radical (unpaired) electrons. The van der Waals surface area contributed by atoms with Crippen molar-refractivity contribution in [3.63, 3.8) is 0 Å². The third-order valence-corrected chi connectivity index (χ3v) is 3.94. The maximum Gasteiger partial charge on any atom is 0.311 e. The molecule has 1 N–H and O–H groups in total. The molecule has 100 valence electrons. The van der Waals surface area contributed by atoms with Gasteiger partial charge in [0, 0.05) is 0 Å². The minimum atomic E-state index is -0.541. The average Bonchev–Trinajstić information content (AvgIpc) is 2.56. The molecule has 2 unspecified atom stereocenters. The number of esters is 1. The van der Waals surface area contributed by atoms with E-state index >= 15 is 0 Å². The highest BCUT2D eigenvalue weighted by atomic mass is 16.5. The number of aliphatic hydroxyl groups excluding tert-OH is 1. The molecule has 0 aromatic rings. The summed E-state index contributed by atoms with van der Waals surface area (Å²) in [5.74, 6) is -0.246. The zero-order valence-corrected chi connectivity index (χ0v) is 11.3. The van der Waals surface area contributed by atoms with Crippen molar-refractivity contribution in [3.8, 4) is 0 Å². The Labute approximate surface area is 105 Å². The molecule has 0 saturated heterocycles. The second-order valence-electron chi connectivity index (χ2n) is 5.54. The molecule has 0 amide bonds. The quantitative estimate of drug-likeness (QED) is 0.609. The molecule has 2 atom stereocenters. The summed E-state index contributed by atoms with van der Waals surface area (Å²) in [6.45, 7) is 3.95. The molecule has 0 aromatic carbocycles. The number of hydrogen-bond acceptors (Lipinski definition) is 3. The molecule has 0 bridgehead atoms. The van der Waals surface area contributed by atoms with Gasteiger partial charge in [-0.15, -0.1) is 0 Å². The highest BCUT2D eigenvalue weighted by Gasteiger charge is 2.35. The standard InChI is InChI=1S/C14H26O3/c1-10(2)12(14(16)17-3)13(15)11-8-6-4-5-7-9-11/h10-13,15H,4-9H2,1-3H3. The van der Waals surface area contributed by atoms with Crippen molar-refractivity contribution >= 4 is 5.97 Å². The third-order valence-electron chi connectivity index (χ3n) is 3.94. The lowest BCUT2D eigenvalue weighted by molar-refractivity contribution is -0.153. The Kier molecular flexibility index (Phi) is 5.96. The first-order valence-electron chi connectivity index (χ1n) is 6.83. The van der Waals surface area contributed by atoms with Crippen LogP contribution in [-0.2, 0) is 9.53 Å². The molecule has 1 aliphatic rings. The molecular formula is C14H26O3. The van der Waals surface area contributed by atoms with Crippen molar-refractivity contribution in [2.24, 2.45) is 17.8 Å². The van der Waals surface area contributed by atoms with Crippen molar-refractivity contribution in [2.75, 3.05) is 7.11 Å². The SMILES string of the molecule is COC(=O)C(C(C)C)C(O)C1CCCCCC1. The Morgan fingerprint density at radius 1 is 1.18 bits per heavy atom. The fourth-order valence-electron chi connectivity index (χ4n) is 2.89. The Morgan fingerprint density at radius 2 is 1.71 bits per heavy atom. The highest BCUT2D eigenvalue weighted by Crippen LogP contribution is 2.31. The summed E-state index contributed by atoms with van der Waals surface area (Å²) in [4.78, 5) is 11.7. The van der Waals surface area contributed by atoms with E-state index in [-0.39, 0.29) is 23.7 Å². The summed E-state index contributed by atoms with van der Waals surface area (Å²) < 4.78 is 4.82. The number of ether oxygens (including phenoxy) is 1. The first-order valence-corrected chi connectivity index (χ1v) is 6.83. The van der Waals surface area contributed by atoms with E-state index in [1.54, 1.807) is 0 Å². The predicted octanol–water partition coefficient (Wildman–Crippen LogP) is 2.76. The van der Waals surface area contributed by atoms with Crippen molar-refractivity contribution in [3.05, 3.63) is 0 Å². The second-order valence-corrected chi connectivity index (χ2v) is 5.54. The number of carbonyl (C=O) groups is 1. The number of hydrogen-bond donors (Lipinski definition) is 1. The zero-order chi connectivity index (χ0) is 12.8. The minimum absolute atomic E-state index is 0.126. The van der Waals surface area contributed by atoms with E-state index < -0.39 is 6.10 Å². The first-order chi connectivity index (χ1) is 8.07. The van der Waals surface area contributed by atoms with E-state index in [4.69, 9.17) is 4.74 Å². The van der Waals surface area contributed by atoms with Crippen LogP contribution in [-0.4, -0.2) is 24.3 Å². The molecule has 3 heteroatoms. The van der Waals surface area contributed by atoms with Gasteiger partial charge in [-0.05, 0) is 24.7 Å². The molecule has 17 heavy (non-hydrogen) atoms. The van der Waals surface area contributed by atoms with Crippen molar-refractivity contribution < 1.29 is 14.6 Å². The van der Waals surface area contributed by atoms with Crippen LogP contribution in [0.1, 0.15) is 52.4 Å². The summed E-state index contributed by atoms with van der Waals surface area (Å²) in [6.07, 6.45) is 6.41. The van der Waals surface area contributed by atoms with Gasteiger partial charge in [0.1, 0.15) is 0 Å². The summed E-state index contributed by atoms with van der Waals surface area (Å²) in [6, 6.07) is 0. The Bertz CT molecular complexity index is 230.